The smallest absolute Gasteiger partial charge is 0.229 e. The van der Waals surface area contributed by atoms with Crippen molar-refractivity contribution in [2.75, 3.05) is 32.8 Å². The second-order valence-electron chi connectivity index (χ2n) is 5.80. The maximum atomic E-state index is 12.6. The molecule has 2 aliphatic heterocycles. The molecule has 0 aromatic heterocycles. The van der Waals surface area contributed by atoms with Crippen LogP contribution in [-0.4, -0.2) is 54.4 Å². The second-order valence-corrected chi connectivity index (χ2v) is 6.23. The van der Waals surface area contributed by atoms with Crippen molar-refractivity contribution in [1.29, 1.82) is 0 Å². The molecule has 2 heterocycles. The number of fused-ring (bicyclic) bond motifs is 1. The minimum absolute atomic E-state index is 0.0664. The molecule has 2 aliphatic rings. The lowest BCUT2D eigenvalue weighted by molar-refractivity contribution is -0.142. The van der Waals surface area contributed by atoms with Crippen LogP contribution in [-0.2, 0) is 16.0 Å². The Hall–Kier alpha value is -1.75. The highest BCUT2D eigenvalue weighted by atomic mass is 35.5. The van der Waals surface area contributed by atoms with Crippen molar-refractivity contribution in [2.45, 2.75) is 13.3 Å². The Kier molecular flexibility index (Phi) is 4.25. The van der Waals surface area contributed by atoms with Crippen molar-refractivity contribution in [1.82, 2.24) is 9.80 Å². The number of hydrogen-bond donors (Lipinski definition) is 0. The molecule has 6 heteroatoms. The van der Waals surface area contributed by atoms with Gasteiger partial charge in [-0.3, -0.25) is 9.59 Å². The van der Waals surface area contributed by atoms with E-state index in [0.29, 0.717) is 44.2 Å². The van der Waals surface area contributed by atoms with E-state index < -0.39 is 0 Å². The molecule has 0 bridgehead atoms. The van der Waals surface area contributed by atoms with Gasteiger partial charge in [-0.2, -0.15) is 0 Å². The van der Waals surface area contributed by atoms with Crippen molar-refractivity contribution in [3.05, 3.63) is 28.8 Å². The zero-order valence-electron chi connectivity index (χ0n) is 12.5. The normalized spacial score (nSPS) is 21.1. The molecule has 0 saturated carbocycles. The molecule has 118 valence electrons. The van der Waals surface area contributed by atoms with Crippen LogP contribution in [0.2, 0.25) is 5.02 Å². The van der Waals surface area contributed by atoms with Crippen LogP contribution in [0.3, 0.4) is 0 Å². The quantitative estimate of drug-likeness (QED) is 0.789. The fourth-order valence-corrected chi connectivity index (χ4v) is 3.22. The molecule has 1 aromatic rings. The lowest BCUT2D eigenvalue weighted by atomic mass is 9.95. The van der Waals surface area contributed by atoms with E-state index in [9.17, 15) is 9.59 Å². The lowest BCUT2D eigenvalue weighted by Crippen LogP contribution is -2.52. The Morgan fingerprint density at radius 2 is 1.86 bits per heavy atom. The zero-order valence-corrected chi connectivity index (χ0v) is 13.3. The number of rotatable bonds is 1. The Morgan fingerprint density at radius 3 is 2.55 bits per heavy atom. The van der Waals surface area contributed by atoms with Crippen LogP contribution in [0.4, 0.5) is 0 Å². The summed E-state index contributed by atoms with van der Waals surface area (Å²) in [4.78, 5) is 27.6. The van der Waals surface area contributed by atoms with E-state index >= 15 is 0 Å². The maximum absolute atomic E-state index is 12.6. The summed E-state index contributed by atoms with van der Waals surface area (Å²) in [7, 11) is 0. The number of nitrogens with zero attached hydrogens (tertiary/aromatic N) is 2. The van der Waals surface area contributed by atoms with E-state index in [-0.39, 0.29) is 17.7 Å². The van der Waals surface area contributed by atoms with Crippen LogP contribution in [0, 0.1) is 5.92 Å². The van der Waals surface area contributed by atoms with E-state index in [1.807, 2.05) is 17.0 Å². The van der Waals surface area contributed by atoms with Crippen molar-refractivity contribution >= 4 is 23.4 Å². The topological polar surface area (TPSA) is 49.9 Å². The van der Waals surface area contributed by atoms with Gasteiger partial charge >= 0.3 is 0 Å². The van der Waals surface area contributed by atoms with Crippen LogP contribution < -0.4 is 4.74 Å². The molecule has 22 heavy (non-hydrogen) atoms. The Morgan fingerprint density at radius 1 is 1.18 bits per heavy atom. The summed E-state index contributed by atoms with van der Waals surface area (Å²) in [6.07, 6.45) is 0.654. The van der Waals surface area contributed by atoms with Gasteiger partial charge in [-0.1, -0.05) is 11.6 Å². The summed E-state index contributed by atoms with van der Waals surface area (Å²) in [5.74, 6) is 0.815. The van der Waals surface area contributed by atoms with Crippen LogP contribution in [0.15, 0.2) is 18.2 Å². The third-order valence-corrected chi connectivity index (χ3v) is 4.55. The summed E-state index contributed by atoms with van der Waals surface area (Å²) in [6.45, 7) is 4.37. The van der Waals surface area contributed by atoms with Gasteiger partial charge in [0.2, 0.25) is 11.8 Å². The molecule has 0 spiro atoms. The Bertz CT molecular complexity index is 597. The van der Waals surface area contributed by atoms with Gasteiger partial charge < -0.3 is 14.5 Å². The molecule has 1 atom stereocenters. The Balaban J connectivity index is 1.63. The molecule has 5 nitrogen and oxygen atoms in total. The van der Waals surface area contributed by atoms with Gasteiger partial charge in [-0.05, 0) is 30.2 Å². The molecule has 0 N–H and O–H groups in total. The maximum Gasteiger partial charge on any atom is 0.229 e. The zero-order chi connectivity index (χ0) is 15.7. The fourth-order valence-electron chi connectivity index (χ4n) is 3.02. The number of hydrogen-bond acceptors (Lipinski definition) is 3. The minimum atomic E-state index is -0.171. The average molecular weight is 323 g/mol. The van der Waals surface area contributed by atoms with Gasteiger partial charge in [0, 0.05) is 38.1 Å². The predicted molar refractivity (Wildman–Crippen MR) is 83.0 cm³/mol. The molecule has 0 radical (unpaired) electrons. The van der Waals surface area contributed by atoms with Gasteiger partial charge in [0.1, 0.15) is 12.4 Å². The highest BCUT2D eigenvalue weighted by Gasteiger charge is 2.31. The van der Waals surface area contributed by atoms with Gasteiger partial charge in [0.25, 0.3) is 0 Å². The van der Waals surface area contributed by atoms with Crippen molar-refractivity contribution < 1.29 is 14.3 Å². The van der Waals surface area contributed by atoms with Gasteiger partial charge in [-0.25, -0.2) is 0 Å². The van der Waals surface area contributed by atoms with Crippen molar-refractivity contribution in [3.63, 3.8) is 0 Å². The van der Waals surface area contributed by atoms with Crippen LogP contribution in [0.1, 0.15) is 12.5 Å². The third kappa shape index (κ3) is 3.04. The molecular formula is C16H19ClN2O3. The Labute approximate surface area is 134 Å². The van der Waals surface area contributed by atoms with Crippen LogP contribution >= 0.6 is 11.6 Å². The molecule has 3 rings (SSSR count). The predicted octanol–water partition coefficient (Wildman–Crippen LogP) is 1.58. The van der Waals surface area contributed by atoms with Crippen molar-refractivity contribution in [2.24, 2.45) is 5.92 Å². The first kappa shape index (κ1) is 15.2. The summed E-state index contributed by atoms with van der Waals surface area (Å²) in [5.41, 5.74) is 0.986. The van der Waals surface area contributed by atoms with Crippen molar-refractivity contribution in [3.8, 4) is 5.75 Å². The van der Waals surface area contributed by atoms with E-state index in [1.165, 1.54) is 0 Å². The number of ether oxygens (including phenoxy) is 1. The summed E-state index contributed by atoms with van der Waals surface area (Å²) < 4.78 is 5.69. The molecule has 1 saturated heterocycles. The number of benzene rings is 1. The summed E-state index contributed by atoms with van der Waals surface area (Å²) >= 11 is 6.01. The standard InChI is InChI=1S/C16H19ClN2O3/c1-11(20)18-4-6-19(7-5-18)16(21)13-8-12-9-14(17)2-3-15(12)22-10-13/h2-3,9,13H,4-8,10H2,1H3/t13-/m1/s1. The van der Waals surface area contributed by atoms with E-state index in [1.54, 1.807) is 17.9 Å². The fraction of sp³-hybridized carbons (Fsp3) is 0.500. The number of halogens is 1. The highest BCUT2D eigenvalue weighted by molar-refractivity contribution is 6.30. The molecule has 1 aromatic carbocycles. The largest absolute Gasteiger partial charge is 0.492 e. The summed E-state index contributed by atoms with van der Waals surface area (Å²) in [5, 5.41) is 0.658. The van der Waals surface area contributed by atoms with Gasteiger partial charge in [0.15, 0.2) is 0 Å². The van der Waals surface area contributed by atoms with Crippen LogP contribution in [0.25, 0.3) is 0 Å². The number of piperazine rings is 1. The molecule has 0 unspecified atom stereocenters. The first-order valence-electron chi connectivity index (χ1n) is 7.50. The first-order chi connectivity index (χ1) is 10.5. The first-order valence-corrected chi connectivity index (χ1v) is 7.88. The second kappa shape index (κ2) is 6.16. The monoisotopic (exact) mass is 322 g/mol. The van der Waals surface area contributed by atoms with E-state index in [4.69, 9.17) is 16.3 Å². The molecular weight excluding hydrogens is 304 g/mol. The van der Waals surface area contributed by atoms with Gasteiger partial charge in [0.05, 0.1) is 5.92 Å². The van der Waals surface area contributed by atoms with E-state index in [2.05, 4.69) is 0 Å². The molecule has 0 aliphatic carbocycles. The highest BCUT2D eigenvalue weighted by Crippen LogP contribution is 2.30. The molecule has 1 fully saturated rings. The minimum Gasteiger partial charge on any atom is -0.492 e. The van der Waals surface area contributed by atoms with E-state index in [0.717, 1.165) is 11.3 Å². The number of amides is 2. The average Bonchev–Trinajstić information content (AvgIpc) is 2.53. The third-order valence-electron chi connectivity index (χ3n) is 4.31. The number of carbonyl (C=O) groups is 2. The number of carbonyl (C=O) groups excluding carboxylic acids is 2. The SMILES string of the molecule is CC(=O)N1CCN(C(=O)[C@H]2COc3ccc(Cl)cc3C2)CC1. The summed E-state index contributed by atoms with van der Waals surface area (Å²) in [6, 6.07) is 5.51. The van der Waals surface area contributed by atoms with Crippen LogP contribution in [0.5, 0.6) is 5.75 Å². The molecule has 2 amide bonds. The van der Waals surface area contributed by atoms with Gasteiger partial charge in [-0.15, -0.1) is 0 Å². The lowest BCUT2D eigenvalue weighted by Gasteiger charge is -2.37.